The highest BCUT2D eigenvalue weighted by molar-refractivity contribution is 6.27. The number of fused-ring (bicyclic) bond motifs is 4. The summed E-state index contributed by atoms with van der Waals surface area (Å²) in [6.45, 7) is 1.28. The molecule has 2 aromatic carbocycles. The summed E-state index contributed by atoms with van der Waals surface area (Å²) in [7, 11) is 0. The Morgan fingerprint density at radius 3 is 2.66 bits per heavy atom. The highest BCUT2D eigenvalue weighted by atomic mass is 19.1. The molecule has 1 saturated heterocycles. The molecule has 5 nitrogen and oxygen atoms in total. The summed E-state index contributed by atoms with van der Waals surface area (Å²) >= 11 is 0. The number of aromatic nitrogens is 1. The topological polar surface area (TPSA) is 73.4 Å². The van der Waals surface area contributed by atoms with Crippen molar-refractivity contribution in [2.75, 3.05) is 0 Å². The number of aromatic amines is 1. The molecule has 2 N–H and O–H groups in total. The van der Waals surface area contributed by atoms with E-state index in [1.54, 1.807) is 0 Å². The van der Waals surface area contributed by atoms with Crippen LogP contribution in [0.15, 0.2) is 53.8 Å². The Morgan fingerprint density at radius 2 is 1.93 bits per heavy atom. The number of para-hydroxylation sites is 1. The van der Waals surface area contributed by atoms with E-state index in [4.69, 9.17) is 0 Å². The van der Waals surface area contributed by atoms with Gasteiger partial charge in [0.05, 0.1) is 0 Å². The highest BCUT2D eigenvalue weighted by Gasteiger charge is 2.52. The summed E-state index contributed by atoms with van der Waals surface area (Å²) in [6.07, 6.45) is 0.250. The quantitative estimate of drug-likeness (QED) is 0.376. The Balaban J connectivity index is 1.81. The molecule has 2 atom stereocenters. The molecule has 0 radical (unpaired) electrons. The van der Waals surface area contributed by atoms with Crippen LogP contribution in [0.1, 0.15) is 29.8 Å². The standard InChI is InChI=1S/C22H16F2N2O3/c1-10(27)18-21(28)17-9-14-12-4-2-3-5-16(12)25-19(14)20(26(17)22(18)29)13-7-6-11(23)8-15(13)24/h2-8,17,20,25,27H,9H2,1H3/b18-10-/t17-,20+/m0/s1. The van der Waals surface area contributed by atoms with Gasteiger partial charge in [0.1, 0.15) is 35.1 Å². The predicted molar refractivity (Wildman–Crippen MR) is 101 cm³/mol. The van der Waals surface area contributed by atoms with Gasteiger partial charge in [0, 0.05) is 34.6 Å². The van der Waals surface area contributed by atoms with E-state index in [1.807, 2.05) is 24.3 Å². The molecule has 3 aromatic rings. The zero-order valence-electron chi connectivity index (χ0n) is 15.4. The van der Waals surface area contributed by atoms with Crippen LogP contribution in [0.4, 0.5) is 8.78 Å². The molecule has 3 heterocycles. The number of aliphatic hydroxyl groups excluding tert-OH is 1. The molecule has 2 aliphatic rings. The minimum absolute atomic E-state index is 0.0851. The number of nitrogens with zero attached hydrogens (tertiary/aromatic N) is 1. The summed E-state index contributed by atoms with van der Waals surface area (Å²) in [5.74, 6) is -3.04. The van der Waals surface area contributed by atoms with Crippen LogP contribution < -0.4 is 0 Å². The molecule has 0 unspecified atom stereocenters. The van der Waals surface area contributed by atoms with Gasteiger partial charge < -0.3 is 15.0 Å². The average molecular weight is 394 g/mol. The van der Waals surface area contributed by atoms with Gasteiger partial charge in [-0.05, 0) is 24.6 Å². The van der Waals surface area contributed by atoms with Crippen molar-refractivity contribution in [3.63, 3.8) is 0 Å². The van der Waals surface area contributed by atoms with Crippen LogP contribution in [0.25, 0.3) is 10.9 Å². The van der Waals surface area contributed by atoms with Crippen LogP contribution in [0.2, 0.25) is 0 Å². The molecular weight excluding hydrogens is 378 g/mol. The van der Waals surface area contributed by atoms with Crippen molar-refractivity contribution in [2.45, 2.75) is 25.4 Å². The molecule has 0 aliphatic carbocycles. The zero-order valence-corrected chi connectivity index (χ0v) is 15.4. The van der Waals surface area contributed by atoms with Gasteiger partial charge in [-0.15, -0.1) is 0 Å². The molecule has 0 bridgehead atoms. The Morgan fingerprint density at radius 1 is 1.17 bits per heavy atom. The zero-order chi connectivity index (χ0) is 20.4. The summed E-state index contributed by atoms with van der Waals surface area (Å²) in [4.78, 5) is 30.5. The Kier molecular flexibility index (Phi) is 3.65. The number of halogens is 2. The number of H-pyrrole nitrogens is 1. The fourth-order valence-electron chi connectivity index (χ4n) is 4.53. The lowest BCUT2D eigenvalue weighted by atomic mass is 9.88. The lowest BCUT2D eigenvalue weighted by molar-refractivity contribution is -0.129. The number of ketones is 1. The van der Waals surface area contributed by atoms with E-state index in [9.17, 15) is 23.5 Å². The second-order valence-electron chi connectivity index (χ2n) is 7.39. The number of hydrogen-bond donors (Lipinski definition) is 2. The van der Waals surface area contributed by atoms with E-state index in [0.717, 1.165) is 28.6 Å². The number of aliphatic hydroxyl groups is 1. The monoisotopic (exact) mass is 394 g/mol. The maximum Gasteiger partial charge on any atom is 0.262 e. The fourth-order valence-corrected chi connectivity index (χ4v) is 4.53. The molecule has 5 rings (SSSR count). The van der Waals surface area contributed by atoms with Crippen LogP contribution in [0.3, 0.4) is 0 Å². The minimum Gasteiger partial charge on any atom is -0.512 e. The number of carbonyl (C=O) groups is 2. The summed E-state index contributed by atoms with van der Waals surface area (Å²) in [5.41, 5.74) is 2.01. The van der Waals surface area contributed by atoms with E-state index in [-0.39, 0.29) is 23.3 Å². The van der Waals surface area contributed by atoms with Crippen molar-refractivity contribution in [2.24, 2.45) is 0 Å². The predicted octanol–water partition coefficient (Wildman–Crippen LogP) is 3.70. The molecule has 146 valence electrons. The van der Waals surface area contributed by atoms with Crippen LogP contribution >= 0.6 is 0 Å². The number of amides is 1. The van der Waals surface area contributed by atoms with E-state index >= 15 is 0 Å². The number of carbonyl (C=O) groups excluding carboxylic acids is 2. The highest BCUT2D eigenvalue weighted by Crippen LogP contribution is 2.45. The van der Waals surface area contributed by atoms with Crippen molar-refractivity contribution in [1.29, 1.82) is 0 Å². The fraction of sp³-hybridized carbons (Fsp3) is 0.182. The molecule has 1 fully saturated rings. The molecule has 1 amide bonds. The largest absolute Gasteiger partial charge is 0.512 e. The molecule has 2 aliphatic heterocycles. The molecule has 7 heteroatoms. The third kappa shape index (κ3) is 2.36. The first kappa shape index (κ1) is 17.6. The first-order valence-corrected chi connectivity index (χ1v) is 9.19. The molecule has 0 spiro atoms. The van der Waals surface area contributed by atoms with Gasteiger partial charge in [0.15, 0.2) is 5.78 Å². The number of hydrogen-bond acceptors (Lipinski definition) is 3. The van der Waals surface area contributed by atoms with Crippen LogP contribution in [0.5, 0.6) is 0 Å². The van der Waals surface area contributed by atoms with Crippen LogP contribution in [-0.2, 0) is 16.0 Å². The van der Waals surface area contributed by atoms with Gasteiger partial charge >= 0.3 is 0 Å². The van der Waals surface area contributed by atoms with Crippen molar-refractivity contribution in [3.8, 4) is 0 Å². The summed E-state index contributed by atoms with van der Waals surface area (Å²) in [6, 6.07) is 8.85. The average Bonchev–Trinajstić information content (AvgIpc) is 3.16. The first-order chi connectivity index (χ1) is 13.9. The second kappa shape index (κ2) is 6.01. The summed E-state index contributed by atoms with van der Waals surface area (Å²) in [5, 5.41) is 10.8. The van der Waals surface area contributed by atoms with Gasteiger partial charge in [-0.2, -0.15) is 0 Å². The third-order valence-electron chi connectivity index (χ3n) is 5.75. The van der Waals surface area contributed by atoms with Crippen molar-refractivity contribution in [1.82, 2.24) is 9.88 Å². The lowest BCUT2D eigenvalue weighted by Crippen LogP contribution is -2.44. The number of benzene rings is 2. The maximum absolute atomic E-state index is 14.8. The van der Waals surface area contributed by atoms with Gasteiger partial charge in [-0.3, -0.25) is 9.59 Å². The molecular formula is C22H16F2N2O3. The molecule has 1 aromatic heterocycles. The van der Waals surface area contributed by atoms with Crippen LogP contribution in [0, 0.1) is 11.6 Å². The number of Topliss-reactive ketones (excluding diaryl/α,β-unsaturated/α-hetero) is 1. The van der Waals surface area contributed by atoms with Crippen LogP contribution in [-0.4, -0.2) is 32.7 Å². The van der Waals surface area contributed by atoms with E-state index < -0.39 is 35.4 Å². The van der Waals surface area contributed by atoms with Gasteiger partial charge in [0.2, 0.25) is 0 Å². The lowest BCUT2D eigenvalue weighted by Gasteiger charge is -2.37. The SMILES string of the molecule is C/C(O)=C1\C(=O)[C@@H]2Cc3c([nH]c4ccccc34)[C@@H](c3ccc(F)cc3F)N2C1=O. The smallest absolute Gasteiger partial charge is 0.262 e. The third-order valence-corrected chi connectivity index (χ3v) is 5.75. The van der Waals surface area contributed by atoms with Gasteiger partial charge in [0.25, 0.3) is 5.91 Å². The summed E-state index contributed by atoms with van der Waals surface area (Å²) < 4.78 is 28.3. The van der Waals surface area contributed by atoms with Gasteiger partial charge in [-0.1, -0.05) is 24.3 Å². The molecule has 0 saturated carbocycles. The normalized spacial score (nSPS) is 22.8. The number of allylic oxidation sites excluding steroid dienone is 1. The number of nitrogens with one attached hydrogen (secondary N) is 1. The molecule has 29 heavy (non-hydrogen) atoms. The second-order valence-corrected chi connectivity index (χ2v) is 7.39. The Bertz CT molecular complexity index is 1240. The van der Waals surface area contributed by atoms with Crippen molar-refractivity contribution < 1.29 is 23.5 Å². The minimum atomic E-state index is -0.940. The van der Waals surface area contributed by atoms with Crippen molar-refractivity contribution in [3.05, 3.63) is 82.3 Å². The Hall–Kier alpha value is -3.48. The Labute approximate surface area is 164 Å². The van der Waals surface area contributed by atoms with Gasteiger partial charge in [-0.25, -0.2) is 8.78 Å². The van der Waals surface area contributed by atoms with E-state index in [1.165, 1.54) is 17.9 Å². The van der Waals surface area contributed by atoms with E-state index in [0.29, 0.717) is 5.69 Å². The first-order valence-electron chi connectivity index (χ1n) is 9.19. The number of rotatable bonds is 1. The van der Waals surface area contributed by atoms with E-state index in [2.05, 4.69) is 4.98 Å². The maximum atomic E-state index is 14.8. The van der Waals surface area contributed by atoms with Crippen molar-refractivity contribution >= 4 is 22.6 Å².